The van der Waals surface area contributed by atoms with Crippen LogP contribution in [0.3, 0.4) is 0 Å². The highest BCUT2D eigenvalue weighted by molar-refractivity contribution is 7.88. The Morgan fingerprint density at radius 1 is 1.14 bits per heavy atom. The van der Waals surface area contributed by atoms with E-state index < -0.39 is 10.0 Å². The fraction of sp³-hybridized carbons (Fsp3) is 0.650. The summed E-state index contributed by atoms with van der Waals surface area (Å²) >= 11 is 0. The lowest BCUT2D eigenvalue weighted by Gasteiger charge is -2.32. The van der Waals surface area contributed by atoms with Crippen LogP contribution in [0.25, 0.3) is 0 Å². The monoisotopic (exact) mass is 407 g/mol. The van der Waals surface area contributed by atoms with E-state index in [-0.39, 0.29) is 30.6 Å². The second kappa shape index (κ2) is 8.00. The number of hydrogen-bond acceptors (Lipinski definition) is 5. The lowest BCUT2D eigenvalue weighted by Crippen LogP contribution is -2.50. The zero-order chi connectivity index (χ0) is 19.7. The van der Waals surface area contributed by atoms with Crippen LogP contribution in [0.4, 0.5) is 5.69 Å². The van der Waals surface area contributed by atoms with Crippen LogP contribution in [0.15, 0.2) is 24.3 Å². The standard InChI is InChI=1S/C20H29N3O4S/c1-28(25,26)22-18-10-11-23-19(18)13-27-15-8-6-14(7-9-15)16-4-2-3-5-17(16)21-12-20(23)24/h2-5,14-15,18-19,21-22H,6-13H2,1H3/t14?,15?,18?,19-/m0/s1. The first-order chi connectivity index (χ1) is 13.4. The van der Waals surface area contributed by atoms with E-state index in [9.17, 15) is 13.2 Å². The summed E-state index contributed by atoms with van der Waals surface area (Å²) in [5.74, 6) is 0.464. The summed E-state index contributed by atoms with van der Waals surface area (Å²) in [6.07, 6.45) is 6.06. The summed E-state index contributed by atoms with van der Waals surface area (Å²) < 4.78 is 32.4. The number of amides is 1. The zero-order valence-corrected chi connectivity index (χ0v) is 17.1. The van der Waals surface area contributed by atoms with Crippen molar-refractivity contribution in [3.63, 3.8) is 0 Å². The van der Waals surface area contributed by atoms with Gasteiger partial charge in [0.05, 0.1) is 31.6 Å². The number of nitrogens with one attached hydrogen (secondary N) is 2. The molecule has 4 aliphatic rings. The molecule has 1 saturated carbocycles. The minimum Gasteiger partial charge on any atom is -0.376 e. The second-order valence-corrected chi connectivity index (χ2v) is 9.97. The number of benzene rings is 1. The van der Waals surface area contributed by atoms with E-state index in [0.29, 0.717) is 25.5 Å². The maximum atomic E-state index is 12.9. The Labute approximate surface area is 166 Å². The summed E-state index contributed by atoms with van der Waals surface area (Å²) in [5.41, 5.74) is 2.31. The molecule has 8 heteroatoms. The molecule has 0 aromatic heterocycles. The highest BCUT2D eigenvalue weighted by Crippen LogP contribution is 2.38. The summed E-state index contributed by atoms with van der Waals surface area (Å²) in [6.45, 7) is 1.12. The summed E-state index contributed by atoms with van der Waals surface area (Å²) in [4.78, 5) is 14.7. The Morgan fingerprint density at radius 3 is 2.64 bits per heavy atom. The third-order valence-electron chi connectivity index (χ3n) is 6.24. The van der Waals surface area contributed by atoms with Gasteiger partial charge < -0.3 is 15.0 Å². The van der Waals surface area contributed by atoms with Crippen molar-refractivity contribution in [3.8, 4) is 0 Å². The van der Waals surface area contributed by atoms with Crippen LogP contribution in [0.1, 0.15) is 43.6 Å². The first kappa shape index (κ1) is 19.7. The van der Waals surface area contributed by atoms with E-state index in [1.165, 1.54) is 5.56 Å². The van der Waals surface area contributed by atoms with Gasteiger partial charge in [0.1, 0.15) is 0 Å². The second-order valence-electron chi connectivity index (χ2n) is 8.19. The van der Waals surface area contributed by atoms with Crippen molar-refractivity contribution in [1.29, 1.82) is 0 Å². The van der Waals surface area contributed by atoms with Crippen molar-refractivity contribution in [1.82, 2.24) is 9.62 Å². The summed E-state index contributed by atoms with van der Waals surface area (Å²) in [5, 5.41) is 3.34. The average Bonchev–Trinajstić information content (AvgIpc) is 3.05. The van der Waals surface area contributed by atoms with Gasteiger partial charge in [-0.25, -0.2) is 13.1 Å². The summed E-state index contributed by atoms with van der Waals surface area (Å²) in [7, 11) is -3.34. The third kappa shape index (κ3) is 4.34. The van der Waals surface area contributed by atoms with Crippen molar-refractivity contribution in [2.24, 2.45) is 0 Å². The highest BCUT2D eigenvalue weighted by Gasteiger charge is 2.39. The Hall–Kier alpha value is -1.64. The molecule has 1 amide bonds. The number of nitrogens with zero attached hydrogens (tertiary/aromatic N) is 1. The van der Waals surface area contributed by atoms with Gasteiger partial charge in [0.25, 0.3) is 0 Å². The fourth-order valence-corrected chi connectivity index (χ4v) is 5.67. The maximum absolute atomic E-state index is 12.9. The average molecular weight is 408 g/mol. The Balaban J connectivity index is 1.59. The number of fused-ring (bicyclic) bond motifs is 5. The molecular formula is C20H29N3O4S. The van der Waals surface area contributed by atoms with Crippen molar-refractivity contribution >= 4 is 21.6 Å². The largest absolute Gasteiger partial charge is 0.376 e. The highest BCUT2D eigenvalue weighted by atomic mass is 32.2. The van der Waals surface area contributed by atoms with E-state index in [2.05, 4.69) is 22.2 Å². The molecule has 7 nitrogen and oxygen atoms in total. The van der Waals surface area contributed by atoms with Crippen LogP contribution < -0.4 is 10.0 Å². The summed E-state index contributed by atoms with van der Waals surface area (Å²) in [6, 6.07) is 7.68. The van der Waals surface area contributed by atoms with Gasteiger partial charge in [-0.15, -0.1) is 0 Å². The van der Waals surface area contributed by atoms with E-state index in [1.54, 1.807) is 4.90 Å². The van der Waals surface area contributed by atoms with Crippen LogP contribution in [-0.2, 0) is 19.6 Å². The molecular weight excluding hydrogens is 378 g/mol. The molecule has 5 rings (SSSR count). The van der Waals surface area contributed by atoms with Crippen LogP contribution in [0.5, 0.6) is 0 Å². The normalized spacial score (nSPS) is 31.2. The van der Waals surface area contributed by atoms with E-state index >= 15 is 0 Å². The van der Waals surface area contributed by atoms with Gasteiger partial charge in [-0.1, -0.05) is 18.2 Å². The predicted octanol–water partition coefficient (Wildman–Crippen LogP) is 1.67. The van der Waals surface area contributed by atoms with Crippen molar-refractivity contribution in [3.05, 3.63) is 29.8 Å². The van der Waals surface area contributed by atoms with Gasteiger partial charge in [0, 0.05) is 18.3 Å². The molecule has 1 aromatic carbocycles. The molecule has 2 N–H and O–H groups in total. The first-order valence-electron chi connectivity index (χ1n) is 10.1. The number of para-hydroxylation sites is 1. The lowest BCUT2D eigenvalue weighted by molar-refractivity contribution is -0.132. The first-order valence-corrected chi connectivity index (χ1v) is 12.0. The van der Waals surface area contributed by atoms with E-state index in [0.717, 1.165) is 37.6 Å². The van der Waals surface area contributed by atoms with Crippen molar-refractivity contribution in [2.45, 2.75) is 56.2 Å². The number of rotatable bonds is 2. The molecule has 3 heterocycles. The molecule has 0 spiro atoms. The molecule has 28 heavy (non-hydrogen) atoms. The number of carbonyl (C=O) groups excluding carboxylic acids is 1. The van der Waals surface area contributed by atoms with Crippen LogP contribution in [0.2, 0.25) is 0 Å². The smallest absolute Gasteiger partial charge is 0.242 e. The van der Waals surface area contributed by atoms with Crippen LogP contribution in [0, 0.1) is 0 Å². The van der Waals surface area contributed by atoms with Crippen LogP contribution >= 0.6 is 0 Å². The molecule has 1 aromatic rings. The Bertz CT molecular complexity index is 820. The Kier molecular flexibility index (Phi) is 5.62. The predicted molar refractivity (Wildman–Crippen MR) is 108 cm³/mol. The van der Waals surface area contributed by atoms with Gasteiger partial charge in [-0.2, -0.15) is 0 Å². The zero-order valence-electron chi connectivity index (χ0n) is 16.3. The van der Waals surface area contributed by atoms with Crippen LogP contribution in [-0.4, -0.2) is 63.4 Å². The van der Waals surface area contributed by atoms with Gasteiger partial charge >= 0.3 is 0 Å². The minimum absolute atomic E-state index is 0.0206. The van der Waals surface area contributed by atoms with E-state index in [4.69, 9.17) is 4.74 Å². The number of sulfonamides is 1. The molecule has 2 fully saturated rings. The molecule has 1 saturated heterocycles. The van der Waals surface area contributed by atoms with Gasteiger partial charge in [-0.3, -0.25) is 4.79 Å². The molecule has 1 unspecified atom stereocenters. The number of ether oxygens (including phenoxy) is 1. The minimum atomic E-state index is -3.34. The van der Waals surface area contributed by atoms with Gasteiger partial charge in [-0.05, 0) is 49.7 Å². The quantitative estimate of drug-likeness (QED) is 0.779. The maximum Gasteiger partial charge on any atom is 0.242 e. The molecule has 3 aliphatic heterocycles. The number of carbonyl (C=O) groups is 1. The molecule has 0 radical (unpaired) electrons. The topological polar surface area (TPSA) is 87.7 Å². The number of hydrogen-bond donors (Lipinski definition) is 2. The third-order valence-corrected chi connectivity index (χ3v) is 6.97. The molecule has 2 bridgehead atoms. The van der Waals surface area contributed by atoms with Crippen molar-refractivity contribution in [2.75, 3.05) is 31.3 Å². The number of anilines is 1. The fourth-order valence-electron chi connectivity index (χ4n) is 4.84. The lowest BCUT2D eigenvalue weighted by atomic mass is 9.82. The van der Waals surface area contributed by atoms with Crippen molar-refractivity contribution < 1.29 is 17.9 Å². The molecule has 1 aliphatic carbocycles. The Morgan fingerprint density at radius 2 is 1.89 bits per heavy atom. The van der Waals surface area contributed by atoms with Gasteiger partial charge in [0.15, 0.2) is 0 Å². The molecule has 2 atom stereocenters. The molecule has 154 valence electrons. The SMILES string of the molecule is CS(=O)(=O)NC1CCN2C(=O)CNc3ccccc3C3CCC(CC3)OC[C@@H]12. The van der Waals surface area contributed by atoms with Gasteiger partial charge in [0.2, 0.25) is 15.9 Å². The van der Waals surface area contributed by atoms with E-state index in [1.807, 2.05) is 12.1 Å².